The summed E-state index contributed by atoms with van der Waals surface area (Å²) in [6.45, 7) is 1.56. The lowest BCUT2D eigenvalue weighted by Crippen LogP contribution is -2.48. The predicted molar refractivity (Wildman–Crippen MR) is 110 cm³/mol. The van der Waals surface area contributed by atoms with Crippen molar-refractivity contribution in [1.29, 1.82) is 0 Å². The first-order valence-electron chi connectivity index (χ1n) is 9.71. The summed E-state index contributed by atoms with van der Waals surface area (Å²) in [6.07, 6.45) is -3.32. The van der Waals surface area contributed by atoms with Crippen LogP contribution in [0.15, 0.2) is 53.6 Å². The monoisotopic (exact) mass is 485 g/mol. The van der Waals surface area contributed by atoms with Crippen molar-refractivity contribution in [3.05, 3.63) is 58.8 Å². The zero-order valence-electron chi connectivity index (χ0n) is 17.0. The average molecular weight is 485 g/mol. The number of aromatic nitrogens is 2. The number of hydrogen-bond acceptors (Lipinski definition) is 7. The Morgan fingerprint density at radius 2 is 1.73 bits per heavy atom. The van der Waals surface area contributed by atoms with Crippen LogP contribution in [0.25, 0.3) is 10.9 Å². The number of nitrogens with zero attached hydrogens (tertiary/aromatic N) is 5. The van der Waals surface area contributed by atoms with Gasteiger partial charge >= 0.3 is 6.36 Å². The summed E-state index contributed by atoms with van der Waals surface area (Å²) in [6, 6.07) is 8.54. The molecule has 0 radical (unpaired) electrons. The lowest BCUT2D eigenvalue weighted by atomic mass is 10.2. The van der Waals surface area contributed by atoms with E-state index in [-0.39, 0.29) is 23.7 Å². The van der Waals surface area contributed by atoms with Gasteiger partial charge in [-0.15, -0.1) is 13.2 Å². The van der Waals surface area contributed by atoms with E-state index in [1.54, 1.807) is 10.7 Å². The summed E-state index contributed by atoms with van der Waals surface area (Å²) in [7, 11) is -3.87. The van der Waals surface area contributed by atoms with Gasteiger partial charge in [0.1, 0.15) is 5.75 Å². The molecule has 10 nitrogen and oxygen atoms in total. The Labute approximate surface area is 186 Å². The number of benzene rings is 2. The standard InChI is InChI=1S/C19H18F3N5O5S/c20-19(21,22)32-16-2-4-17(5-3-16)33(30,31)25-9-7-24(8-10-25)13-26-18-6-1-15(27(28)29)11-14(18)12-23-26/h1-6,11-12H,7-10,13H2. The molecule has 2 heterocycles. The van der Waals surface area contributed by atoms with Crippen molar-refractivity contribution >= 4 is 26.6 Å². The molecule has 1 aliphatic heterocycles. The molecule has 0 aliphatic carbocycles. The van der Waals surface area contributed by atoms with Crippen molar-refractivity contribution in [2.24, 2.45) is 0 Å². The SMILES string of the molecule is O=[N+]([O-])c1ccc2c(cnn2CN2CCN(S(=O)(=O)c3ccc(OC(F)(F)F)cc3)CC2)c1. The first kappa shape index (κ1) is 22.9. The number of non-ortho nitro benzene ring substituents is 1. The van der Waals surface area contributed by atoms with Crippen LogP contribution in [0.3, 0.4) is 0 Å². The fraction of sp³-hybridized carbons (Fsp3) is 0.316. The molecule has 2 aromatic carbocycles. The molecule has 0 bridgehead atoms. The van der Waals surface area contributed by atoms with E-state index in [1.807, 2.05) is 4.90 Å². The maximum Gasteiger partial charge on any atom is 0.573 e. The number of halogens is 3. The minimum Gasteiger partial charge on any atom is -0.406 e. The first-order chi connectivity index (χ1) is 15.5. The van der Waals surface area contributed by atoms with Crippen LogP contribution >= 0.6 is 0 Å². The number of piperazine rings is 1. The van der Waals surface area contributed by atoms with Gasteiger partial charge in [0.2, 0.25) is 10.0 Å². The Morgan fingerprint density at radius 1 is 1.06 bits per heavy atom. The van der Waals surface area contributed by atoms with Crippen LogP contribution in [0.5, 0.6) is 5.75 Å². The van der Waals surface area contributed by atoms with Gasteiger partial charge in [0, 0.05) is 43.7 Å². The molecule has 0 atom stereocenters. The number of sulfonamides is 1. The summed E-state index contributed by atoms with van der Waals surface area (Å²) in [5.41, 5.74) is 0.690. The van der Waals surface area contributed by atoms with E-state index >= 15 is 0 Å². The third-order valence-electron chi connectivity index (χ3n) is 5.20. The molecule has 1 fully saturated rings. The largest absolute Gasteiger partial charge is 0.573 e. The second kappa shape index (κ2) is 8.61. The second-order valence-corrected chi connectivity index (χ2v) is 9.27. The van der Waals surface area contributed by atoms with Gasteiger partial charge in [0.25, 0.3) is 5.69 Å². The zero-order chi connectivity index (χ0) is 23.8. The van der Waals surface area contributed by atoms with E-state index in [4.69, 9.17) is 0 Å². The summed E-state index contributed by atoms with van der Waals surface area (Å²) >= 11 is 0. The van der Waals surface area contributed by atoms with E-state index in [1.165, 1.54) is 22.6 Å². The molecule has 14 heteroatoms. The van der Waals surface area contributed by atoms with Gasteiger partial charge in [0.15, 0.2) is 0 Å². The minimum atomic E-state index is -4.86. The van der Waals surface area contributed by atoms with Crippen LogP contribution in [0, 0.1) is 10.1 Å². The lowest BCUT2D eigenvalue weighted by molar-refractivity contribution is -0.384. The molecule has 176 valence electrons. The summed E-state index contributed by atoms with van der Waals surface area (Å²) in [5, 5.41) is 15.8. The fourth-order valence-corrected chi connectivity index (χ4v) is 4.99. The Bertz CT molecular complexity index is 1270. The predicted octanol–water partition coefficient (Wildman–Crippen LogP) is 2.81. The number of alkyl halides is 3. The van der Waals surface area contributed by atoms with Crippen molar-refractivity contribution in [2.45, 2.75) is 17.9 Å². The molecule has 4 rings (SSSR count). The third-order valence-corrected chi connectivity index (χ3v) is 7.11. The van der Waals surface area contributed by atoms with E-state index < -0.39 is 27.1 Å². The highest BCUT2D eigenvalue weighted by atomic mass is 32.2. The quantitative estimate of drug-likeness (QED) is 0.390. The van der Waals surface area contributed by atoms with Gasteiger partial charge in [-0.3, -0.25) is 19.7 Å². The molecule has 33 heavy (non-hydrogen) atoms. The van der Waals surface area contributed by atoms with Crippen molar-refractivity contribution in [2.75, 3.05) is 26.2 Å². The number of ether oxygens (including phenoxy) is 1. The number of rotatable bonds is 6. The van der Waals surface area contributed by atoms with Gasteiger partial charge < -0.3 is 4.74 Å². The number of hydrogen-bond donors (Lipinski definition) is 0. The molecule has 1 aliphatic rings. The van der Waals surface area contributed by atoms with Gasteiger partial charge in [-0.1, -0.05) is 0 Å². The number of fused-ring (bicyclic) bond motifs is 1. The first-order valence-corrected chi connectivity index (χ1v) is 11.2. The maximum atomic E-state index is 12.8. The average Bonchev–Trinajstić information content (AvgIpc) is 3.15. The molecule has 0 N–H and O–H groups in total. The molecule has 3 aromatic rings. The maximum absolute atomic E-state index is 12.8. The molecule has 0 saturated carbocycles. The van der Waals surface area contributed by atoms with Crippen LogP contribution in [-0.4, -0.2) is 64.9 Å². The Kier molecular flexibility index (Phi) is 5.99. The van der Waals surface area contributed by atoms with Gasteiger partial charge in [-0.2, -0.15) is 9.40 Å². The fourth-order valence-electron chi connectivity index (χ4n) is 3.56. The van der Waals surface area contributed by atoms with Crippen molar-refractivity contribution < 1.29 is 31.2 Å². The minimum absolute atomic E-state index is 0.0288. The molecule has 0 amide bonds. The lowest BCUT2D eigenvalue weighted by Gasteiger charge is -2.33. The van der Waals surface area contributed by atoms with E-state index in [0.717, 1.165) is 29.8 Å². The normalized spacial score (nSPS) is 16.2. The van der Waals surface area contributed by atoms with Gasteiger partial charge in [-0.05, 0) is 30.3 Å². The van der Waals surface area contributed by atoms with Crippen LogP contribution in [0.4, 0.5) is 18.9 Å². The molecular weight excluding hydrogens is 467 g/mol. The highest BCUT2D eigenvalue weighted by molar-refractivity contribution is 7.89. The van der Waals surface area contributed by atoms with Crippen LogP contribution in [-0.2, 0) is 16.7 Å². The van der Waals surface area contributed by atoms with E-state index in [9.17, 15) is 31.7 Å². The molecule has 0 spiro atoms. The smallest absolute Gasteiger partial charge is 0.406 e. The Balaban J connectivity index is 1.39. The van der Waals surface area contributed by atoms with Crippen LogP contribution in [0.1, 0.15) is 0 Å². The number of nitro groups is 1. The molecule has 1 aromatic heterocycles. The number of nitro benzene ring substituents is 1. The molecular formula is C19H18F3N5O5S. The Morgan fingerprint density at radius 3 is 2.33 bits per heavy atom. The van der Waals surface area contributed by atoms with Gasteiger partial charge in [0.05, 0.1) is 28.2 Å². The summed E-state index contributed by atoms with van der Waals surface area (Å²) in [4.78, 5) is 12.3. The second-order valence-electron chi connectivity index (χ2n) is 7.33. The Hall–Kier alpha value is -3.23. The highest BCUT2D eigenvalue weighted by Gasteiger charge is 2.32. The van der Waals surface area contributed by atoms with Crippen molar-refractivity contribution in [3.8, 4) is 5.75 Å². The van der Waals surface area contributed by atoms with E-state index in [2.05, 4.69) is 9.84 Å². The zero-order valence-corrected chi connectivity index (χ0v) is 17.8. The van der Waals surface area contributed by atoms with Crippen molar-refractivity contribution in [3.63, 3.8) is 0 Å². The van der Waals surface area contributed by atoms with Crippen LogP contribution in [0.2, 0.25) is 0 Å². The highest BCUT2D eigenvalue weighted by Crippen LogP contribution is 2.26. The third kappa shape index (κ3) is 5.07. The molecule has 1 saturated heterocycles. The summed E-state index contributed by atoms with van der Waals surface area (Å²) in [5.74, 6) is -0.497. The van der Waals surface area contributed by atoms with Crippen LogP contribution < -0.4 is 4.74 Å². The van der Waals surface area contributed by atoms with Crippen molar-refractivity contribution in [1.82, 2.24) is 19.0 Å². The molecule has 0 unspecified atom stereocenters. The summed E-state index contributed by atoms with van der Waals surface area (Å²) < 4.78 is 69.3. The topological polar surface area (TPSA) is 111 Å². The van der Waals surface area contributed by atoms with Gasteiger partial charge in [-0.25, -0.2) is 8.42 Å². The van der Waals surface area contributed by atoms with E-state index in [0.29, 0.717) is 25.1 Å².